The van der Waals surface area contributed by atoms with Crippen LogP contribution in [-0.2, 0) is 28.6 Å². The van der Waals surface area contributed by atoms with E-state index in [1.165, 1.54) is 116 Å². The summed E-state index contributed by atoms with van der Waals surface area (Å²) in [6.45, 7) is 6.48. The van der Waals surface area contributed by atoms with E-state index in [4.69, 9.17) is 14.2 Å². The molecule has 0 spiro atoms. The molecule has 0 amide bonds. The highest BCUT2D eigenvalue weighted by Gasteiger charge is 2.19. The van der Waals surface area contributed by atoms with Gasteiger partial charge in [-0.05, 0) is 83.5 Å². The summed E-state index contributed by atoms with van der Waals surface area (Å²) < 4.78 is 16.8. The van der Waals surface area contributed by atoms with Crippen LogP contribution in [0.15, 0.2) is 60.8 Å². The molecule has 0 heterocycles. The largest absolute Gasteiger partial charge is 0.462 e. The molecule has 0 saturated heterocycles. The van der Waals surface area contributed by atoms with Crippen molar-refractivity contribution >= 4 is 17.9 Å². The van der Waals surface area contributed by atoms with Crippen LogP contribution in [0.3, 0.4) is 0 Å². The predicted octanol–water partition coefficient (Wildman–Crippen LogP) is 16.9. The van der Waals surface area contributed by atoms with Gasteiger partial charge < -0.3 is 14.2 Å². The van der Waals surface area contributed by atoms with Crippen LogP contribution >= 0.6 is 0 Å². The fraction of sp³-hybridized carbons (Fsp3) is 0.764. The van der Waals surface area contributed by atoms with E-state index in [-0.39, 0.29) is 31.1 Å². The maximum Gasteiger partial charge on any atom is 0.306 e. The molecule has 0 N–H and O–H groups in total. The Balaban J connectivity index is 4.44. The number of allylic oxidation sites excluding steroid dienone is 10. The van der Waals surface area contributed by atoms with Crippen LogP contribution in [0.1, 0.15) is 252 Å². The molecule has 0 unspecified atom stereocenters. The Morgan fingerprint density at radius 1 is 0.344 bits per heavy atom. The van der Waals surface area contributed by atoms with Crippen LogP contribution in [-0.4, -0.2) is 37.2 Å². The Labute approximate surface area is 377 Å². The molecule has 0 rings (SSSR count). The standard InChI is InChI=1S/C55H96O6/c1-4-7-10-13-16-19-22-25-28-31-33-36-39-42-45-48-54(57)60-51-52(61-55(58)49-46-43-40-37-34-30-27-24-21-18-15-12-9-6-3)50-59-53(56)47-44-41-38-35-32-29-26-23-20-17-14-11-8-5-2/h7,10,16,19,24-25,27-28,33,36,52H,4-6,8-9,11-15,17-18,20-23,26,29-32,34-35,37-51H2,1-3H3/b10-7-,19-16-,27-24-,28-25-,36-33-/t52-/m1/s1. The quantitative estimate of drug-likeness (QED) is 0.0263. The van der Waals surface area contributed by atoms with E-state index in [0.29, 0.717) is 19.3 Å². The van der Waals surface area contributed by atoms with E-state index >= 15 is 0 Å². The van der Waals surface area contributed by atoms with Crippen LogP contribution in [0, 0.1) is 0 Å². The number of esters is 3. The number of unbranched alkanes of at least 4 members (excludes halogenated alkanes) is 25. The van der Waals surface area contributed by atoms with E-state index < -0.39 is 6.10 Å². The molecule has 0 aliphatic carbocycles. The Bertz CT molecular complexity index is 1120. The normalized spacial score (nSPS) is 12.5. The van der Waals surface area contributed by atoms with Crippen molar-refractivity contribution in [1.29, 1.82) is 0 Å². The van der Waals surface area contributed by atoms with Crippen LogP contribution in [0.25, 0.3) is 0 Å². The number of rotatable bonds is 46. The molecule has 0 aromatic carbocycles. The SMILES string of the molecule is CC/C=C\C/C=C\C/C=C\C/C=C\CCCCC(=O)OC[C@@H](COC(=O)CCCCCCCCCCCCCCCC)OC(=O)CCCCCCC/C=C\CCCCCCC. The van der Waals surface area contributed by atoms with Crippen molar-refractivity contribution in [3.63, 3.8) is 0 Å². The Kier molecular flexibility index (Phi) is 47.4. The Morgan fingerprint density at radius 2 is 0.639 bits per heavy atom. The van der Waals surface area contributed by atoms with Gasteiger partial charge in [0.2, 0.25) is 0 Å². The van der Waals surface area contributed by atoms with Crippen LogP contribution in [0.5, 0.6) is 0 Å². The third-order valence-corrected chi connectivity index (χ3v) is 11.0. The van der Waals surface area contributed by atoms with Gasteiger partial charge in [-0.25, -0.2) is 0 Å². The van der Waals surface area contributed by atoms with Gasteiger partial charge >= 0.3 is 17.9 Å². The molecule has 0 aromatic rings. The van der Waals surface area contributed by atoms with Crippen molar-refractivity contribution < 1.29 is 28.6 Å². The molecular weight excluding hydrogens is 757 g/mol. The lowest BCUT2D eigenvalue weighted by atomic mass is 10.0. The molecule has 0 bridgehead atoms. The minimum absolute atomic E-state index is 0.0887. The summed E-state index contributed by atoms with van der Waals surface area (Å²) in [5, 5.41) is 0. The summed E-state index contributed by atoms with van der Waals surface area (Å²) in [6.07, 6.45) is 60.6. The zero-order valence-electron chi connectivity index (χ0n) is 40.2. The maximum atomic E-state index is 12.8. The molecule has 0 aliphatic heterocycles. The third kappa shape index (κ3) is 48.0. The van der Waals surface area contributed by atoms with Gasteiger partial charge in [0.05, 0.1) is 0 Å². The summed E-state index contributed by atoms with van der Waals surface area (Å²) in [4.78, 5) is 37.9. The number of hydrogen-bond acceptors (Lipinski definition) is 6. The zero-order valence-corrected chi connectivity index (χ0v) is 40.2. The lowest BCUT2D eigenvalue weighted by Gasteiger charge is -2.18. The predicted molar refractivity (Wildman–Crippen MR) is 261 cm³/mol. The number of hydrogen-bond donors (Lipinski definition) is 0. The Hall–Kier alpha value is -2.89. The van der Waals surface area contributed by atoms with E-state index in [0.717, 1.165) is 96.3 Å². The van der Waals surface area contributed by atoms with Gasteiger partial charge in [0.25, 0.3) is 0 Å². The summed E-state index contributed by atoms with van der Waals surface area (Å²) in [5.41, 5.74) is 0. The molecule has 0 aromatic heterocycles. The lowest BCUT2D eigenvalue weighted by molar-refractivity contribution is -0.167. The summed E-state index contributed by atoms with van der Waals surface area (Å²) in [7, 11) is 0. The second kappa shape index (κ2) is 49.8. The molecule has 6 nitrogen and oxygen atoms in total. The second-order valence-electron chi connectivity index (χ2n) is 17.1. The number of carbonyl (C=O) groups is 3. The summed E-state index contributed by atoms with van der Waals surface area (Å²) in [6, 6.07) is 0. The molecule has 0 aliphatic rings. The molecule has 61 heavy (non-hydrogen) atoms. The first-order valence-electron chi connectivity index (χ1n) is 25.8. The first-order chi connectivity index (χ1) is 30.0. The van der Waals surface area contributed by atoms with Crippen LogP contribution < -0.4 is 0 Å². The first-order valence-corrected chi connectivity index (χ1v) is 25.8. The average Bonchev–Trinajstić information content (AvgIpc) is 3.26. The number of carbonyl (C=O) groups excluding carboxylic acids is 3. The van der Waals surface area contributed by atoms with Crippen molar-refractivity contribution in [2.75, 3.05) is 13.2 Å². The van der Waals surface area contributed by atoms with Crippen molar-refractivity contribution in [2.45, 2.75) is 258 Å². The van der Waals surface area contributed by atoms with Gasteiger partial charge in [-0.3, -0.25) is 14.4 Å². The maximum absolute atomic E-state index is 12.8. The third-order valence-electron chi connectivity index (χ3n) is 11.0. The first kappa shape index (κ1) is 58.1. The van der Waals surface area contributed by atoms with Gasteiger partial charge in [-0.15, -0.1) is 0 Å². The molecule has 352 valence electrons. The average molecular weight is 853 g/mol. The molecule has 0 fully saturated rings. The molecule has 1 atom stereocenters. The van der Waals surface area contributed by atoms with Crippen LogP contribution in [0.4, 0.5) is 0 Å². The molecular formula is C55H96O6. The minimum atomic E-state index is -0.792. The van der Waals surface area contributed by atoms with Crippen LogP contribution in [0.2, 0.25) is 0 Å². The van der Waals surface area contributed by atoms with Crippen molar-refractivity contribution in [3.05, 3.63) is 60.8 Å². The van der Waals surface area contributed by atoms with Gasteiger partial charge in [0, 0.05) is 19.3 Å². The molecule has 0 saturated carbocycles. The van der Waals surface area contributed by atoms with Crippen molar-refractivity contribution in [1.82, 2.24) is 0 Å². The fourth-order valence-corrected chi connectivity index (χ4v) is 7.13. The summed E-state index contributed by atoms with van der Waals surface area (Å²) >= 11 is 0. The zero-order chi connectivity index (χ0) is 44.4. The minimum Gasteiger partial charge on any atom is -0.462 e. The smallest absolute Gasteiger partial charge is 0.306 e. The highest BCUT2D eigenvalue weighted by molar-refractivity contribution is 5.71. The highest BCUT2D eigenvalue weighted by atomic mass is 16.6. The van der Waals surface area contributed by atoms with Gasteiger partial charge in [-0.1, -0.05) is 210 Å². The van der Waals surface area contributed by atoms with E-state index in [2.05, 4.69) is 81.5 Å². The molecule has 0 radical (unpaired) electrons. The van der Waals surface area contributed by atoms with Crippen molar-refractivity contribution in [2.24, 2.45) is 0 Å². The van der Waals surface area contributed by atoms with Crippen molar-refractivity contribution in [3.8, 4) is 0 Å². The summed E-state index contributed by atoms with van der Waals surface area (Å²) in [5.74, 6) is -0.936. The highest BCUT2D eigenvalue weighted by Crippen LogP contribution is 2.15. The topological polar surface area (TPSA) is 78.9 Å². The van der Waals surface area contributed by atoms with E-state index in [9.17, 15) is 14.4 Å². The number of ether oxygens (including phenoxy) is 3. The van der Waals surface area contributed by atoms with Gasteiger partial charge in [0.1, 0.15) is 13.2 Å². The monoisotopic (exact) mass is 853 g/mol. The Morgan fingerprint density at radius 3 is 1.05 bits per heavy atom. The van der Waals surface area contributed by atoms with Gasteiger partial charge in [0.15, 0.2) is 6.10 Å². The molecule has 6 heteroatoms. The van der Waals surface area contributed by atoms with Gasteiger partial charge in [-0.2, -0.15) is 0 Å². The second-order valence-corrected chi connectivity index (χ2v) is 17.1. The van der Waals surface area contributed by atoms with E-state index in [1.54, 1.807) is 0 Å². The fourth-order valence-electron chi connectivity index (χ4n) is 7.13. The lowest BCUT2D eigenvalue weighted by Crippen LogP contribution is -2.30. The van der Waals surface area contributed by atoms with E-state index in [1.807, 2.05) is 0 Å².